The fourth-order valence-electron chi connectivity index (χ4n) is 1.18. The Morgan fingerprint density at radius 2 is 2.12 bits per heavy atom. The van der Waals surface area contributed by atoms with Gasteiger partial charge in [-0.25, -0.2) is 8.78 Å². The van der Waals surface area contributed by atoms with Crippen LogP contribution in [0.4, 0.5) is 8.78 Å². The maximum atomic E-state index is 13.3. The van der Waals surface area contributed by atoms with Crippen molar-refractivity contribution in [2.45, 2.75) is 13.3 Å². The summed E-state index contributed by atoms with van der Waals surface area (Å²) in [6.07, 6.45) is -0.345. The second kappa shape index (κ2) is 5.21. The van der Waals surface area contributed by atoms with Crippen LogP contribution < -0.4 is 0 Å². The first-order valence-electron chi connectivity index (χ1n) is 4.62. The Kier molecular flexibility index (Phi) is 3.95. The molecule has 0 bridgehead atoms. The highest BCUT2D eigenvalue weighted by Crippen LogP contribution is 2.16. The van der Waals surface area contributed by atoms with E-state index in [1.165, 1.54) is 12.1 Å². The van der Waals surface area contributed by atoms with Gasteiger partial charge < -0.3 is 4.74 Å². The molecule has 16 heavy (non-hydrogen) atoms. The van der Waals surface area contributed by atoms with Gasteiger partial charge in [0.1, 0.15) is 6.07 Å². The molecule has 0 fully saturated rings. The Labute approximate surface area is 91.3 Å². The van der Waals surface area contributed by atoms with E-state index in [1.807, 2.05) is 0 Å². The van der Waals surface area contributed by atoms with E-state index in [-0.39, 0.29) is 24.2 Å². The van der Waals surface area contributed by atoms with E-state index in [9.17, 15) is 13.6 Å². The van der Waals surface area contributed by atoms with Crippen LogP contribution in [0.1, 0.15) is 18.1 Å². The molecule has 0 atom stereocenters. The molecule has 1 rings (SSSR count). The number of esters is 1. The molecule has 84 valence electrons. The van der Waals surface area contributed by atoms with Crippen molar-refractivity contribution in [2.24, 2.45) is 0 Å². The standard InChI is InChI=1S/C11H9F2NO2/c1-2-16-9(15)5-7-3-4-8(6-14)11(13)10(7)12/h3-4H,2,5H2,1H3. The molecule has 0 saturated carbocycles. The summed E-state index contributed by atoms with van der Waals surface area (Å²) in [5.41, 5.74) is -0.500. The predicted octanol–water partition coefficient (Wildman–Crippen LogP) is 1.94. The first-order chi connectivity index (χ1) is 7.60. The topological polar surface area (TPSA) is 50.1 Å². The molecule has 0 amide bonds. The molecule has 0 aliphatic carbocycles. The zero-order chi connectivity index (χ0) is 12.1. The van der Waals surface area contributed by atoms with Crippen molar-refractivity contribution in [1.82, 2.24) is 0 Å². The van der Waals surface area contributed by atoms with Crippen molar-refractivity contribution in [1.29, 1.82) is 5.26 Å². The minimum atomic E-state index is -1.23. The Morgan fingerprint density at radius 3 is 2.69 bits per heavy atom. The molecule has 0 saturated heterocycles. The normalized spacial score (nSPS) is 9.62. The smallest absolute Gasteiger partial charge is 0.310 e. The monoisotopic (exact) mass is 225 g/mol. The number of hydrogen-bond donors (Lipinski definition) is 0. The van der Waals surface area contributed by atoms with Crippen molar-refractivity contribution in [2.75, 3.05) is 6.61 Å². The number of nitrogens with zero attached hydrogens (tertiary/aromatic N) is 1. The van der Waals surface area contributed by atoms with Gasteiger partial charge in [-0.15, -0.1) is 0 Å². The van der Waals surface area contributed by atoms with E-state index in [1.54, 1.807) is 6.92 Å². The lowest BCUT2D eigenvalue weighted by Crippen LogP contribution is -2.10. The summed E-state index contributed by atoms with van der Waals surface area (Å²) < 4.78 is 31.1. The van der Waals surface area contributed by atoms with Crippen molar-refractivity contribution >= 4 is 5.97 Å². The Balaban J connectivity index is 2.96. The first-order valence-corrected chi connectivity index (χ1v) is 4.62. The van der Waals surface area contributed by atoms with Gasteiger partial charge in [-0.3, -0.25) is 4.79 Å². The van der Waals surface area contributed by atoms with Gasteiger partial charge in [0.2, 0.25) is 0 Å². The molecule has 1 aromatic carbocycles. The summed E-state index contributed by atoms with van der Waals surface area (Å²) in [5.74, 6) is -3.04. The highest BCUT2D eigenvalue weighted by atomic mass is 19.2. The van der Waals surface area contributed by atoms with Gasteiger partial charge in [-0.1, -0.05) is 6.07 Å². The third-order valence-corrected chi connectivity index (χ3v) is 1.92. The summed E-state index contributed by atoms with van der Waals surface area (Å²) in [4.78, 5) is 11.1. The molecule has 0 heterocycles. The Hall–Kier alpha value is -1.96. The first kappa shape index (κ1) is 12.1. The predicted molar refractivity (Wildman–Crippen MR) is 51.4 cm³/mol. The molecule has 0 aliphatic heterocycles. The van der Waals surface area contributed by atoms with E-state index in [2.05, 4.69) is 4.74 Å². The second-order valence-corrected chi connectivity index (χ2v) is 2.99. The van der Waals surface area contributed by atoms with E-state index >= 15 is 0 Å². The number of carbonyl (C=O) groups excluding carboxylic acids is 1. The number of halogens is 2. The number of carbonyl (C=O) groups is 1. The summed E-state index contributed by atoms with van der Waals surface area (Å²) in [6, 6.07) is 3.84. The SMILES string of the molecule is CCOC(=O)Cc1ccc(C#N)c(F)c1F. The lowest BCUT2D eigenvalue weighted by molar-refractivity contribution is -0.142. The van der Waals surface area contributed by atoms with Crippen molar-refractivity contribution in [3.8, 4) is 6.07 Å². The van der Waals surface area contributed by atoms with Crippen LogP contribution in [-0.2, 0) is 16.0 Å². The minimum absolute atomic E-state index is 0.116. The van der Waals surface area contributed by atoms with Crippen LogP contribution in [-0.4, -0.2) is 12.6 Å². The van der Waals surface area contributed by atoms with Crippen LogP contribution >= 0.6 is 0 Å². The van der Waals surface area contributed by atoms with Gasteiger partial charge in [0.05, 0.1) is 18.6 Å². The molecule has 0 spiro atoms. The molecule has 0 radical (unpaired) electrons. The van der Waals surface area contributed by atoms with E-state index in [4.69, 9.17) is 5.26 Å². The highest BCUT2D eigenvalue weighted by Gasteiger charge is 2.15. The molecule has 1 aromatic rings. The van der Waals surface area contributed by atoms with Crippen LogP contribution in [0.3, 0.4) is 0 Å². The average molecular weight is 225 g/mol. The summed E-state index contributed by atoms with van der Waals surface area (Å²) >= 11 is 0. The lowest BCUT2D eigenvalue weighted by atomic mass is 10.1. The molecule has 3 nitrogen and oxygen atoms in total. The fraction of sp³-hybridized carbons (Fsp3) is 0.273. The summed E-state index contributed by atoms with van der Waals surface area (Å²) in [5, 5.41) is 8.45. The molecule has 0 N–H and O–H groups in total. The molecular formula is C11H9F2NO2. The molecule has 0 aromatic heterocycles. The third kappa shape index (κ3) is 2.54. The quantitative estimate of drug-likeness (QED) is 0.738. The van der Waals surface area contributed by atoms with Crippen LogP contribution in [0.2, 0.25) is 0 Å². The van der Waals surface area contributed by atoms with E-state index in [0.29, 0.717) is 0 Å². The summed E-state index contributed by atoms with van der Waals surface area (Å²) in [7, 11) is 0. The molecule has 0 aliphatic rings. The lowest BCUT2D eigenvalue weighted by Gasteiger charge is -2.04. The van der Waals surface area contributed by atoms with Gasteiger partial charge in [0.15, 0.2) is 11.6 Å². The van der Waals surface area contributed by atoms with Crippen molar-refractivity contribution < 1.29 is 18.3 Å². The fourth-order valence-corrected chi connectivity index (χ4v) is 1.18. The minimum Gasteiger partial charge on any atom is -0.466 e. The number of ether oxygens (including phenoxy) is 1. The van der Waals surface area contributed by atoms with Gasteiger partial charge in [-0.05, 0) is 13.0 Å². The number of rotatable bonds is 3. The van der Waals surface area contributed by atoms with Gasteiger partial charge in [0, 0.05) is 5.56 Å². The van der Waals surface area contributed by atoms with Crippen molar-refractivity contribution in [3.63, 3.8) is 0 Å². The van der Waals surface area contributed by atoms with E-state index in [0.717, 1.165) is 6.07 Å². The second-order valence-electron chi connectivity index (χ2n) is 2.99. The number of nitriles is 1. The number of benzene rings is 1. The largest absolute Gasteiger partial charge is 0.466 e. The van der Waals surface area contributed by atoms with Gasteiger partial charge in [0.25, 0.3) is 0 Å². The van der Waals surface area contributed by atoms with Crippen LogP contribution in [0.15, 0.2) is 12.1 Å². The molecular weight excluding hydrogens is 216 g/mol. The van der Waals surface area contributed by atoms with Crippen molar-refractivity contribution in [3.05, 3.63) is 34.9 Å². The summed E-state index contributed by atoms with van der Waals surface area (Å²) in [6.45, 7) is 1.80. The van der Waals surface area contributed by atoms with E-state index < -0.39 is 17.6 Å². The third-order valence-electron chi connectivity index (χ3n) is 1.92. The van der Waals surface area contributed by atoms with Gasteiger partial charge in [-0.2, -0.15) is 5.26 Å². The van der Waals surface area contributed by atoms with Crippen LogP contribution in [0.25, 0.3) is 0 Å². The van der Waals surface area contributed by atoms with Gasteiger partial charge >= 0.3 is 5.97 Å². The van der Waals surface area contributed by atoms with Crippen LogP contribution in [0.5, 0.6) is 0 Å². The molecule has 5 heteroatoms. The Morgan fingerprint density at radius 1 is 1.44 bits per heavy atom. The highest BCUT2D eigenvalue weighted by molar-refractivity contribution is 5.72. The average Bonchev–Trinajstić information content (AvgIpc) is 2.25. The maximum absolute atomic E-state index is 13.3. The molecule has 0 unspecified atom stereocenters. The van der Waals surface area contributed by atoms with Crippen LogP contribution in [0, 0.1) is 23.0 Å². The Bertz CT molecular complexity index is 452. The zero-order valence-corrected chi connectivity index (χ0v) is 8.59. The zero-order valence-electron chi connectivity index (χ0n) is 8.59. The maximum Gasteiger partial charge on any atom is 0.310 e. The number of hydrogen-bond acceptors (Lipinski definition) is 3.